The molecule has 0 spiro atoms. The molecule has 0 saturated heterocycles. The van der Waals surface area contributed by atoms with Crippen LogP contribution in [0.15, 0.2) is 34.2 Å². The summed E-state index contributed by atoms with van der Waals surface area (Å²) in [7, 11) is 0. The molecular formula is C14H12F2N4O2S. The van der Waals surface area contributed by atoms with Gasteiger partial charge in [-0.3, -0.25) is 14.6 Å². The van der Waals surface area contributed by atoms with E-state index in [0.29, 0.717) is 17.0 Å². The van der Waals surface area contributed by atoms with E-state index in [1.165, 1.54) is 19.1 Å². The number of hydrazone groups is 1. The average Bonchev–Trinajstić information content (AvgIpc) is 2.46. The number of hydrogen-bond donors (Lipinski definition) is 3. The highest BCUT2D eigenvalue weighted by molar-refractivity contribution is 7.71. The Kier molecular flexibility index (Phi) is 5.12. The van der Waals surface area contributed by atoms with Gasteiger partial charge in [-0.05, 0) is 37.3 Å². The van der Waals surface area contributed by atoms with Crippen molar-refractivity contribution in [3.8, 4) is 0 Å². The van der Waals surface area contributed by atoms with Crippen molar-refractivity contribution < 1.29 is 13.6 Å². The molecule has 0 atom stereocenters. The highest BCUT2D eigenvalue weighted by Crippen LogP contribution is 2.09. The molecule has 23 heavy (non-hydrogen) atoms. The Balaban J connectivity index is 2.06. The van der Waals surface area contributed by atoms with E-state index < -0.39 is 23.1 Å². The number of carbonyl (C=O) groups excluding carboxylic acids is 1. The van der Waals surface area contributed by atoms with Gasteiger partial charge in [0, 0.05) is 17.3 Å². The van der Waals surface area contributed by atoms with Gasteiger partial charge in [-0.25, -0.2) is 14.2 Å². The van der Waals surface area contributed by atoms with E-state index in [4.69, 9.17) is 12.2 Å². The number of rotatable bonds is 4. The van der Waals surface area contributed by atoms with Gasteiger partial charge >= 0.3 is 0 Å². The third-order valence-electron chi connectivity index (χ3n) is 2.85. The van der Waals surface area contributed by atoms with Gasteiger partial charge in [0.25, 0.3) is 5.56 Å². The fraction of sp³-hybridized carbons (Fsp3) is 0.143. The molecule has 2 rings (SSSR count). The van der Waals surface area contributed by atoms with Gasteiger partial charge in [-0.2, -0.15) is 5.10 Å². The number of aromatic nitrogens is 2. The quantitative estimate of drug-likeness (QED) is 0.451. The molecular weight excluding hydrogens is 326 g/mol. The van der Waals surface area contributed by atoms with Crippen LogP contribution in [0, 0.1) is 16.4 Å². The molecule has 0 aliphatic carbocycles. The van der Waals surface area contributed by atoms with Crippen LogP contribution in [0.4, 0.5) is 8.78 Å². The molecule has 0 unspecified atom stereocenters. The lowest BCUT2D eigenvalue weighted by atomic mass is 10.1. The third-order valence-corrected chi connectivity index (χ3v) is 3.06. The van der Waals surface area contributed by atoms with Crippen LogP contribution in [-0.2, 0) is 11.2 Å². The van der Waals surface area contributed by atoms with Gasteiger partial charge in [-0.15, -0.1) is 0 Å². The minimum Gasteiger partial charge on any atom is -0.335 e. The molecule has 0 bridgehead atoms. The van der Waals surface area contributed by atoms with E-state index in [1.54, 1.807) is 0 Å². The second-order valence-electron chi connectivity index (χ2n) is 4.65. The third kappa shape index (κ3) is 4.65. The molecule has 9 heteroatoms. The topological polar surface area (TPSA) is 90.1 Å². The number of aromatic amines is 2. The van der Waals surface area contributed by atoms with Crippen LogP contribution in [0.5, 0.6) is 0 Å². The van der Waals surface area contributed by atoms with Gasteiger partial charge < -0.3 is 4.98 Å². The monoisotopic (exact) mass is 338 g/mol. The molecule has 1 aromatic carbocycles. The van der Waals surface area contributed by atoms with Gasteiger partial charge in [0.15, 0.2) is 16.4 Å². The van der Waals surface area contributed by atoms with Crippen molar-refractivity contribution in [2.75, 3.05) is 0 Å². The molecule has 120 valence electrons. The summed E-state index contributed by atoms with van der Waals surface area (Å²) in [6.45, 7) is 1.54. The van der Waals surface area contributed by atoms with E-state index >= 15 is 0 Å². The van der Waals surface area contributed by atoms with Gasteiger partial charge in [0.2, 0.25) is 5.91 Å². The van der Waals surface area contributed by atoms with Gasteiger partial charge in [0.1, 0.15) is 0 Å². The van der Waals surface area contributed by atoms with Crippen LogP contribution >= 0.6 is 12.2 Å². The van der Waals surface area contributed by atoms with E-state index in [-0.39, 0.29) is 11.2 Å². The molecule has 1 heterocycles. The Morgan fingerprint density at radius 2 is 2.00 bits per heavy atom. The minimum absolute atomic E-state index is 0.113. The summed E-state index contributed by atoms with van der Waals surface area (Å²) in [5.74, 6) is -2.46. The SMILES string of the molecule is C/C(=N/NC(=O)Cc1cc(=O)[nH]c(=S)[nH]1)c1ccc(F)c(F)c1. The Morgan fingerprint density at radius 1 is 1.26 bits per heavy atom. The lowest BCUT2D eigenvalue weighted by Crippen LogP contribution is -2.23. The lowest BCUT2D eigenvalue weighted by molar-refractivity contribution is -0.120. The maximum absolute atomic E-state index is 13.1. The van der Waals surface area contributed by atoms with Crippen molar-refractivity contribution in [3.63, 3.8) is 0 Å². The summed E-state index contributed by atoms with van der Waals surface area (Å²) < 4.78 is 26.1. The van der Waals surface area contributed by atoms with Crippen LogP contribution in [0.1, 0.15) is 18.2 Å². The zero-order valence-corrected chi connectivity index (χ0v) is 12.8. The first-order valence-electron chi connectivity index (χ1n) is 6.46. The molecule has 6 nitrogen and oxygen atoms in total. The highest BCUT2D eigenvalue weighted by Gasteiger charge is 2.07. The molecule has 2 aromatic rings. The smallest absolute Gasteiger partial charge is 0.251 e. The normalized spacial score (nSPS) is 11.3. The number of nitrogens with zero attached hydrogens (tertiary/aromatic N) is 1. The van der Waals surface area contributed by atoms with Crippen LogP contribution in [0.3, 0.4) is 0 Å². The molecule has 0 aliphatic heterocycles. The molecule has 1 amide bonds. The second kappa shape index (κ2) is 7.05. The molecule has 3 N–H and O–H groups in total. The molecule has 0 aliphatic rings. The Hall–Kier alpha value is -2.68. The average molecular weight is 338 g/mol. The first kappa shape index (κ1) is 16.7. The number of hydrogen-bond acceptors (Lipinski definition) is 4. The van der Waals surface area contributed by atoms with Crippen molar-refractivity contribution in [1.82, 2.24) is 15.4 Å². The number of amides is 1. The van der Waals surface area contributed by atoms with Crippen LogP contribution in [0.2, 0.25) is 0 Å². The van der Waals surface area contributed by atoms with E-state index in [1.807, 2.05) is 0 Å². The summed E-state index contributed by atoms with van der Waals surface area (Å²) in [6.07, 6.45) is -0.137. The van der Waals surface area contributed by atoms with Crippen LogP contribution < -0.4 is 11.0 Å². The molecule has 0 radical (unpaired) electrons. The summed E-state index contributed by atoms with van der Waals surface area (Å²) in [6, 6.07) is 4.51. The van der Waals surface area contributed by atoms with Gasteiger partial charge in [-0.1, -0.05) is 0 Å². The maximum atomic E-state index is 13.1. The van der Waals surface area contributed by atoms with Crippen LogP contribution in [0.25, 0.3) is 0 Å². The summed E-state index contributed by atoms with van der Waals surface area (Å²) in [5.41, 5.74) is 2.82. The lowest BCUT2D eigenvalue weighted by Gasteiger charge is -2.04. The molecule has 0 saturated carbocycles. The summed E-state index contributed by atoms with van der Waals surface area (Å²) in [5, 5.41) is 3.81. The second-order valence-corrected chi connectivity index (χ2v) is 5.06. The minimum atomic E-state index is -1.00. The zero-order chi connectivity index (χ0) is 17.0. The number of H-pyrrole nitrogens is 2. The van der Waals surface area contributed by atoms with Crippen molar-refractivity contribution in [2.24, 2.45) is 5.10 Å². The largest absolute Gasteiger partial charge is 0.335 e. The Morgan fingerprint density at radius 3 is 2.65 bits per heavy atom. The van der Waals surface area contributed by atoms with Gasteiger partial charge in [0.05, 0.1) is 12.1 Å². The predicted octanol–water partition coefficient (Wildman–Crippen LogP) is 1.79. The predicted molar refractivity (Wildman–Crippen MR) is 82.7 cm³/mol. The molecule has 0 fully saturated rings. The number of carbonyl (C=O) groups is 1. The summed E-state index contributed by atoms with van der Waals surface area (Å²) >= 11 is 4.80. The Labute approximate surface area is 134 Å². The van der Waals surface area contributed by atoms with E-state index in [9.17, 15) is 18.4 Å². The Bertz CT molecular complexity index is 861. The fourth-order valence-electron chi connectivity index (χ4n) is 1.76. The van der Waals surface area contributed by atoms with E-state index in [0.717, 1.165) is 12.1 Å². The summed E-state index contributed by atoms with van der Waals surface area (Å²) in [4.78, 5) is 28.0. The standard InChI is InChI=1S/C14H12F2N4O2S/c1-7(8-2-3-10(15)11(16)4-8)19-20-13(22)6-9-5-12(21)18-14(23)17-9/h2-5H,6H2,1H3,(H,20,22)(H2,17,18,21,23)/b19-7-. The first-order chi connectivity index (χ1) is 10.8. The number of nitrogens with one attached hydrogen (secondary N) is 3. The van der Waals surface area contributed by atoms with Crippen molar-refractivity contribution in [3.05, 3.63) is 62.3 Å². The van der Waals surface area contributed by atoms with E-state index in [2.05, 4.69) is 20.5 Å². The van der Waals surface area contributed by atoms with Crippen molar-refractivity contribution in [1.29, 1.82) is 0 Å². The molecule has 1 aromatic heterocycles. The van der Waals surface area contributed by atoms with Crippen molar-refractivity contribution in [2.45, 2.75) is 13.3 Å². The number of halogens is 2. The highest BCUT2D eigenvalue weighted by atomic mass is 32.1. The fourth-order valence-corrected chi connectivity index (χ4v) is 1.99. The van der Waals surface area contributed by atoms with Crippen LogP contribution in [-0.4, -0.2) is 21.6 Å². The zero-order valence-electron chi connectivity index (χ0n) is 11.9. The first-order valence-corrected chi connectivity index (χ1v) is 6.87. The van der Waals surface area contributed by atoms with Crippen molar-refractivity contribution >= 4 is 23.8 Å². The number of benzene rings is 1. The maximum Gasteiger partial charge on any atom is 0.251 e.